The number of benzene rings is 2. The fraction of sp³-hybridized carbons (Fsp3) is 0.235. The van der Waals surface area contributed by atoms with Gasteiger partial charge in [0, 0.05) is 6.54 Å². The van der Waals surface area contributed by atoms with Gasteiger partial charge < -0.3 is 10.5 Å². The molecule has 116 valence electrons. The molecular formula is C17H19FN2O2. The van der Waals surface area contributed by atoms with Gasteiger partial charge in [-0.2, -0.15) is 0 Å². The van der Waals surface area contributed by atoms with E-state index in [4.69, 9.17) is 10.5 Å². The molecule has 2 aromatic rings. The van der Waals surface area contributed by atoms with E-state index in [1.807, 2.05) is 30.3 Å². The molecular weight excluding hydrogens is 283 g/mol. The molecule has 5 heteroatoms. The quantitative estimate of drug-likeness (QED) is 0.854. The van der Waals surface area contributed by atoms with E-state index < -0.39 is 17.8 Å². The molecule has 0 saturated heterocycles. The zero-order chi connectivity index (χ0) is 15.9. The lowest BCUT2D eigenvalue weighted by Crippen LogP contribution is -2.37. The Kier molecular flexibility index (Phi) is 5.49. The standard InChI is InChI=1S/C17H19FN2O2/c1-20(11-12-22-15-10-6-5-9-14(15)18)16(17(19)21)13-7-3-2-4-8-13/h2-10,16H,11-12H2,1H3,(H2,19,21)/t16-/m1/s1. The summed E-state index contributed by atoms with van der Waals surface area (Å²) in [4.78, 5) is 13.5. The van der Waals surface area contributed by atoms with Crippen LogP contribution in [0.2, 0.25) is 0 Å². The van der Waals surface area contributed by atoms with Crippen LogP contribution in [0.25, 0.3) is 0 Å². The van der Waals surface area contributed by atoms with E-state index >= 15 is 0 Å². The number of nitrogens with zero attached hydrogens (tertiary/aromatic N) is 1. The average molecular weight is 302 g/mol. The molecule has 2 N–H and O–H groups in total. The third kappa shape index (κ3) is 4.05. The molecule has 0 aliphatic carbocycles. The third-order valence-electron chi connectivity index (χ3n) is 3.36. The molecule has 0 fully saturated rings. The molecule has 4 nitrogen and oxygen atoms in total. The van der Waals surface area contributed by atoms with Crippen LogP contribution in [0.3, 0.4) is 0 Å². The first-order chi connectivity index (χ1) is 10.6. The van der Waals surface area contributed by atoms with E-state index in [1.165, 1.54) is 6.07 Å². The second-order valence-electron chi connectivity index (χ2n) is 4.98. The van der Waals surface area contributed by atoms with Crippen molar-refractivity contribution in [2.75, 3.05) is 20.2 Å². The normalized spacial score (nSPS) is 12.1. The van der Waals surface area contributed by atoms with Gasteiger partial charge in [0.2, 0.25) is 5.91 Å². The summed E-state index contributed by atoms with van der Waals surface area (Å²) in [6, 6.07) is 15.0. The topological polar surface area (TPSA) is 55.6 Å². The lowest BCUT2D eigenvalue weighted by atomic mass is 10.1. The maximum Gasteiger partial charge on any atom is 0.239 e. The predicted octanol–water partition coefficient (Wildman–Crippen LogP) is 2.36. The van der Waals surface area contributed by atoms with E-state index in [9.17, 15) is 9.18 Å². The van der Waals surface area contributed by atoms with E-state index in [0.717, 1.165) is 5.56 Å². The lowest BCUT2D eigenvalue weighted by molar-refractivity contribution is -0.123. The molecule has 0 aliphatic heterocycles. The number of halogens is 1. The van der Waals surface area contributed by atoms with Gasteiger partial charge >= 0.3 is 0 Å². The Morgan fingerprint density at radius 3 is 2.45 bits per heavy atom. The maximum absolute atomic E-state index is 13.5. The first-order valence-corrected chi connectivity index (χ1v) is 7.01. The van der Waals surface area contributed by atoms with Crippen molar-refractivity contribution in [3.8, 4) is 5.75 Å². The Bertz CT molecular complexity index is 619. The first-order valence-electron chi connectivity index (χ1n) is 7.01. The van der Waals surface area contributed by atoms with Crippen molar-refractivity contribution in [3.05, 3.63) is 66.0 Å². The molecule has 0 aliphatic rings. The summed E-state index contributed by atoms with van der Waals surface area (Å²) in [6.45, 7) is 0.699. The lowest BCUT2D eigenvalue weighted by Gasteiger charge is -2.25. The zero-order valence-corrected chi connectivity index (χ0v) is 12.4. The van der Waals surface area contributed by atoms with Crippen LogP contribution in [0.1, 0.15) is 11.6 Å². The number of hydrogen-bond acceptors (Lipinski definition) is 3. The molecule has 1 atom stereocenters. The Hall–Kier alpha value is -2.40. The summed E-state index contributed by atoms with van der Waals surface area (Å²) in [6.07, 6.45) is 0. The number of rotatable bonds is 7. The van der Waals surface area contributed by atoms with Crippen LogP contribution in [-0.4, -0.2) is 31.0 Å². The number of ether oxygens (including phenoxy) is 1. The molecule has 0 aromatic heterocycles. The van der Waals surface area contributed by atoms with Gasteiger partial charge in [-0.3, -0.25) is 9.69 Å². The first kappa shape index (κ1) is 16.0. The summed E-state index contributed by atoms with van der Waals surface area (Å²) in [5.74, 6) is -0.634. The summed E-state index contributed by atoms with van der Waals surface area (Å²) >= 11 is 0. The third-order valence-corrected chi connectivity index (χ3v) is 3.36. The molecule has 0 radical (unpaired) electrons. The van der Waals surface area contributed by atoms with Crippen molar-refractivity contribution in [1.29, 1.82) is 0 Å². The van der Waals surface area contributed by atoms with E-state index in [0.29, 0.717) is 6.54 Å². The molecule has 0 saturated carbocycles. The molecule has 2 rings (SSSR count). The molecule has 0 heterocycles. The van der Waals surface area contributed by atoms with Crippen LogP contribution >= 0.6 is 0 Å². The number of para-hydroxylation sites is 1. The second kappa shape index (κ2) is 7.56. The van der Waals surface area contributed by atoms with Crippen LogP contribution in [0, 0.1) is 5.82 Å². The fourth-order valence-electron chi connectivity index (χ4n) is 2.26. The van der Waals surface area contributed by atoms with Gasteiger partial charge in [0.05, 0.1) is 0 Å². The number of carbonyl (C=O) groups is 1. The van der Waals surface area contributed by atoms with Crippen molar-refractivity contribution in [1.82, 2.24) is 4.90 Å². The van der Waals surface area contributed by atoms with E-state index in [2.05, 4.69) is 0 Å². The highest BCUT2D eigenvalue weighted by atomic mass is 19.1. The molecule has 0 bridgehead atoms. The molecule has 1 amide bonds. The fourth-order valence-corrected chi connectivity index (χ4v) is 2.26. The second-order valence-corrected chi connectivity index (χ2v) is 4.98. The predicted molar refractivity (Wildman–Crippen MR) is 82.9 cm³/mol. The molecule has 22 heavy (non-hydrogen) atoms. The number of likely N-dealkylation sites (N-methyl/N-ethyl adjacent to an activating group) is 1. The number of hydrogen-bond donors (Lipinski definition) is 1. The molecule has 2 aromatic carbocycles. The molecule has 0 spiro atoms. The Balaban J connectivity index is 1.96. The van der Waals surface area contributed by atoms with Crippen LogP contribution in [-0.2, 0) is 4.79 Å². The maximum atomic E-state index is 13.5. The van der Waals surface area contributed by atoms with Crippen LogP contribution in [0.15, 0.2) is 54.6 Å². The highest BCUT2D eigenvalue weighted by molar-refractivity contribution is 5.81. The van der Waals surface area contributed by atoms with Gasteiger partial charge in [-0.15, -0.1) is 0 Å². The van der Waals surface area contributed by atoms with Gasteiger partial charge in [0.15, 0.2) is 11.6 Å². The van der Waals surface area contributed by atoms with Crippen molar-refractivity contribution < 1.29 is 13.9 Å². The highest BCUT2D eigenvalue weighted by Gasteiger charge is 2.22. The number of carbonyl (C=O) groups excluding carboxylic acids is 1. The number of nitrogens with two attached hydrogens (primary N) is 1. The Morgan fingerprint density at radius 2 is 1.82 bits per heavy atom. The SMILES string of the molecule is CN(CCOc1ccccc1F)[C@@H](C(N)=O)c1ccccc1. The Labute approximate surface area is 129 Å². The number of amides is 1. The highest BCUT2D eigenvalue weighted by Crippen LogP contribution is 2.19. The van der Waals surface area contributed by atoms with Gasteiger partial charge in [0.1, 0.15) is 12.6 Å². The minimum atomic E-state index is -0.537. The zero-order valence-electron chi connectivity index (χ0n) is 12.4. The monoisotopic (exact) mass is 302 g/mol. The van der Waals surface area contributed by atoms with Gasteiger partial charge in [-0.05, 0) is 24.7 Å². The minimum Gasteiger partial charge on any atom is -0.489 e. The summed E-state index contributed by atoms with van der Waals surface area (Å²) in [7, 11) is 1.78. The summed E-state index contributed by atoms with van der Waals surface area (Å²) in [5.41, 5.74) is 6.32. The van der Waals surface area contributed by atoms with Gasteiger partial charge in [-0.1, -0.05) is 42.5 Å². The van der Waals surface area contributed by atoms with Crippen LogP contribution in [0.5, 0.6) is 5.75 Å². The van der Waals surface area contributed by atoms with Gasteiger partial charge in [-0.25, -0.2) is 4.39 Å². The largest absolute Gasteiger partial charge is 0.489 e. The smallest absolute Gasteiger partial charge is 0.239 e. The number of primary amides is 1. The van der Waals surface area contributed by atoms with Crippen molar-refractivity contribution >= 4 is 5.91 Å². The van der Waals surface area contributed by atoms with Crippen LogP contribution < -0.4 is 10.5 Å². The molecule has 0 unspecified atom stereocenters. The van der Waals surface area contributed by atoms with Gasteiger partial charge in [0.25, 0.3) is 0 Å². The van der Waals surface area contributed by atoms with Crippen molar-refractivity contribution in [2.45, 2.75) is 6.04 Å². The van der Waals surface area contributed by atoms with E-state index in [1.54, 1.807) is 30.1 Å². The average Bonchev–Trinajstić information content (AvgIpc) is 2.50. The minimum absolute atomic E-state index is 0.200. The van der Waals surface area contributed by atoms with Crippen molar-refractivity contribution in [2.24, 2.45) is 5.73 Å². The Morgan fingerprint density at radius 1 is 1.18 bits per heavy atom. The van der Waals surface area contributed by atoms with E-state index in [-0.39, 0.29) is 12.4 Å². The van der Waals surface area contributed by atoms with Crippen LogP contribution in [0.4, 0.5) is 4.39 Å². The summed E-state index contributed by atoms with van der Waals surface area (Å²) < 4.78 is 18.9. The van der Waals surface area contributed by atoms with Crippen molar-refractivity contribution in [3.63, 3.8) is 0 Å². The summed E-state index contributed by atoms with van der Waals surface area (Å²) in [5, 5.41) is 0.